The lowest BCUT2D eigenvalue weighted by molar-refractivity contribution is 0.412. The van der Waals surface area contributed by atoms with Crippen LogP contribution in [0, 0.1) is 0 Å². The third-order valence-electron chi connectivity index (χ3n) is 2.20. The minimum Gasteiger partial charge on any atom is -0.369 e. The van der Waals surface area contributed by atoms with Crippen molar-refractivity contribution >= 4 is 34.8 Å². The first-order valence-corrected chi connectivity index (χ1v) is 6.19. The monoisotopic (exact) mass is 286 g/mol. The lowest BCUT2D eigenvalue weighted by atomic mass is 10.4. The Labute approximate surface area is 114 Å². The molecule has 96 valence electrons. The lowest BCUT2D eigenvalue weighted by Gasteiger charge is -2.10. The molecule has 2 rings (SSSR count). The van der Waals surface area contributed by atoms with Crippen LogP contribution < -0.4 is 10.6 Å². The first-order valence-electron chi connectivity index (χ1n) is 5.43. The molecule has 5 nitrogen and oxygen atoms in total. The number of anilines is 2. The molecule has 0 saturated heterocycles. The standard InChI is InChI=1S/C11H12Cl2N4O/c1-2-14-10-8(12)5-9(13)11(16-10)15-6-7-3-4-18-17-7/h3-5H,2,6H2,1H3,(H2,14,15,16). The van der Waals surface area contributed by atoms with Crippen LogP contribution in [0.25, 0.3) is 0 Å². The summed E-state index contributed by atoms with van der Waals surface area (Å²) in [7, 11) is 0. The maximum atomic E-state index is 6.06. The molecule has 0 bridgehead atoms. The van der Waals surface area contributed by atoms with Crippen molar-refractivity contribution in [2.75, 3.05) is 17.2 Å². The van der Waals surface area contributed by atoms with Gasteiger partial charge >= 0.3 is 0 Å². The van der Waals surface area contributed by atoms with E-state index in [0.29, 0.717) is 28.2 Å². The molecule has 2 aromatic heterocycles. The van der Waals surface area contributed by atoms with E-state index in [1.807, 2.05) is 6.92 Å². The highest BCUT2D eigenvalue weighted by Gasteiger charge is 2.09. The molecule has 0 aliphatic rings. The van der Waals surface area contributed by atoms with Crippen LogP contribution in [0.2, 0.25) is 10.0 Å². The molecule has 2 heterocycles. The predicted molar refractivity (Wildman–Crippen MR) is 72.3 cm³/mol. The van der Waals surface area contributed by atoms with E-state index in [9.17, 15) is 0 Å². The number of nitrogens with one attached hydrogen (secondary N) is 2. The van der Waals surface area contributed by atoms with E-state index in [2.05, 4.69) is 20.8 Å². The number of pyridine rings is 1. The first-order chi connectivity index (χ1) is 8.70. The van der Waals surface area contributed by atoms with Gasteiger partial charge in [-0.2, -0.15) is 0 Å². The van der Waals surface area contributed by atoms with Gasteiger partial charge in [-0.1, -0.05) is 28.4 Å². The molecule has 0 aromatic carbocycles. The predicted octanol–water partition coefficient (Wildman–Crippen LogP) is 3.42. The molecule has 2 aromatic rings. The summed E-state index contributed by atoms with van der Waals surface area (Å²) >= 11 is 12.1. The van der Waals surface area contributed by atoms with Gasteiger partial charge in [0.05, 0.1) is 16.6 Å². The second kappa shape index (κ2) is 5.93. The molecule has 0 aliphatic carbocycles. The van der Waals surface area contributed by atoms with E-state index in [1.54, 1.807) is 12.1 Å². The van der Waals surface area contributed by atoms with E-state index in [0.717, 1.165) is 12.2 Å². The average Bonchev–Trinajstić information content (AvgIpc) is 2.84. The Bertz CT molecular complexity index is 516. The molecule has 0 amide bonds. The molecule has 0 atom stereocenters. The Hall–Kier alpha value is -1.46. The van der Waals surface area contributed by atoms with Crippen molar-refractivity contribution in [2.45, 2.75) is 13.5 Å². The zero-order valence-electron chi connectivity index (χ0n) is 9.70. The van der Waals surface area contributed by atoms with Gasteiger partial charge in [0.1, 0.15) is 23.6 Å². The molecular formula is C11H12Cl2N4O. The number of halogens is 2. The summed E-state index contributed by atoms with van der Waals surface area (Å²) in [5, 5.41) is 10.9. The van der Waals surface area contributed by atoms with Crippen molar-refractivity contribution < 1.29 is 4.52 Å². The van der Waals surface area contributed by atoms with Crippen molar-refractivity contribution in [1.82, 2.24) is 10.1 Å². The van der Waals surface area contributed by atoms with Crippen LogP contribution in [0.1, 0.15) is 12.6 Å². The highest BCUT2D eigenvalue weighted by molar-refractivity contribution is 6.37. The quantitative estimate of drug-likeness (QED) is 0.882. The normalized spacial score (nSPS) is 10.4. The van der Waals surface area contributed by atoms with Gasteiger partial charge in [0.2, 0.25) is 0 Å². The second-order valence-corrected chi connectivity index (χ2v) is 4.34. The molecule has 0 radical (unpaired) electrons. The van der Waals surface area contributed by atoms with Crippen LogP contribution in [0.4, 0.5) is 11.6 Å². The van der Waals surface area contributed by atoms with Gasteiger partial charge in [0, 0.05) is 12.6 Å². The van der Waals surface area contributed by atoms with E-state index >= 15 is 0 Å². The second-order valence-electron chi connectivity index (χ2n) is 3.52. The molecule has 0 fully saturated rings. The van der Waals surface area contributed by atoms with Crippen LogP contribution in [-0.4, -0.2) is 16.7 Å². The minimum atomic E-state index is 0.463. The zero-order valence-corrected chi connectivity index (χ0v) is 11.2. The van der Waals surface area contributed by atoms with Gasteiger partial charge < -0.3 is 15.2 Å². The number of nitrogens with zero attached hydrogens (tertiary/aromatic N) is 2. The van der Waals surface area contributed by atoms with Gasteiger partial charge in [0.15, 0.2) is 0 Å². The van der Waals surface area contributed by atoms with E-state index in [-0.39, 0.29) is 0 Å². The van der Waals surface area contributed by atoms with Crippen LogP contribution in [0.15, 0.2) is 22.9 Å². The number of aromatic nitrogens is 2. The van der Waals surface area contributed by atoms with Crippen LogP contribution >= 0.6 is 23.2 Å². The summed E-state index contributed by atoms with van der Waals surface area (Å²) in [6.45, 7) is 3.18. The largest absolute Gasteiger partial charge is 0.369 e. The third kappa shape index (κ3) is 3.05. The summed E-state index contributed by atoms with van der Waals surface area (Å²) in [6.07, 6.45) is 1.51. The number of rotatable bonds is 5. The summed E-state index contributed by atoms with van der Waals surface area (Å²) in [5.41, 5.74) is 0.771. The third-order valence-corrected chi connectivity index (χ3v) is 2.78. The van der Waals surface area contributed by atoms with Crippen LogP contribution in [-0.2, 0) is 6.54 Å². The topological polar surface area (TPSA) is 63.0 Å². The highest BCUT2D eigenvalue weighted by Crippen LogP contribution is 2.29. The molecule has 0 unspecified atom stereocenters. The van der Waals surface area contributed by atoms with Crippen molar-refractivity contribution in [1.29, 1.82) is 0 Å². The molecule has 0 spiro atoms. The smallest absolute Gasteiger partial charge is 0.147 e. The van der Waals surface area contributed by atoms with Gasteiger partial charge in [-0.25, -0.2) is 4.98 Å². The fraction of sp³-hybridized carbons (Fsp3) is 0.273. The zero-order chi connectivity index (χ0) is 13.0. The van der Waals surface area contributed by atoms with Gasteiger partial charge in [-0.05, 0) is 13.0 Å². The molecular weight excluding hydrogens is 275 g/mol. The Morgan fingerprint density at radius 3 is 2.56 bits per heavy atom. The minimum absolute atomic E-state index is 0.463. The van der Waals surface area contributed by atoms with E-state index in [1.165, 1.54) is 6.26 Å². The molecule has 7 heteroatoms. The van der Waals surface area contributed by atoms with Gasteiger partial charge in [-0.3, -0.25) is 0 Å². The SMILES string of the molecule is CCNc1nc(NCc2ccon2)c(Cl)cc1Cl. The Balaban J connectivity index is 2.13. The van der Waals surface area contributed by atoms with Crippen molar-refractivity contribution in [3.63, 3.8) is 0 Å². The molecule has 0 saturated carbocycles. The molecule has 2 N–H and O–H groups in total. The fourth-order valence-electron chi connectivity index (χ4n) is 1.38. The van der Waals surface area contributed by atoms with Gasteiger partial charge in [-0.15, -0.1) is 0 Å². The van der Waals surface area contributed by atoms with Gasteiger partial charge in [0.25, 0.3) is 0 Å². The maximum absolute atomic E-state index is 6.06. The fourth-order valence-corrected chi connectivity index (χ4v) is 1.88. The first kappa shape index (κ1) is 13.0. The summed E-state index contributed by atoms with van der Waals surface area (Å²) in [5.74, 6) is 1.16. The Morgan fingerprint density at radius 1 is 1.22 bits per heavy atom. The van der Waals surface area contributed by atoms with E-state index in [4.69, 9.17) is 27.7 Å². The molecule has 18 heavy (non-hydrogen) atoms. The average molecular weight is 287 g/mol. The van der Waals surface area contributed by atoms with Crippen LogP contribution in [0.5, 0.6) is 0 Å². The number of hydrogen-bond acceptors (Lipinski definition) is 5. The van der Waals surface area contributed by atoms with Crippen molar-refractivity contribution in [3.8, 4) is 0 Å². The summed E-state index contributed by atoms with van der Waals surface area (Å²) in [4.78, 5) is 4.32. The highest BCUT2D eigenvalue weighted by atomic mass is 35.5. The maximum Gasteiger partial charge on any atom is 0.147 e. The number of hydrogen-bond donors (Lipinski definition) is 2. The Morgan fingerprint density at radius 2 is 1.94 bits per heavy atom. The Kier molecular flexibility index (Phi) is 4.28. The summed E-state index contributed by atoms with van der Waals surface area (Å²) < 4.78 is 4.74. The summed E-state index contributed by atoms with van der Waals surface area (Å²) in [6, 6.07) is 3.42. The van der Waals surface area contributed by atoms with E-state index < -0.39 is 0 Å². The lowest BCUT2D eigenvalue weighted by Crippen LogP contribution is -2.06. The van der Waals surface area contributed by atoms with Crippen LogP contribution in [0.3, 0.4) is 0 Å². The molecule has 0 aliphatic heterocycles. The van der Waals surface area contributed by atoms with Crippen molar-refractivity contribution in [3.05, 3.63) is 34.1 Å². The van der Waals surface area contributed by atoms with Crippen molar-refractivity contribution in [2.24, 2.45) is 0 Å².